The molecule has 1 aromatic heterocycles. The van der Waals surface area contributed by atoms with Gasteiger partial charge in [-0.25, -0.2) is 4.98 Å². The Balaban J connectivity index is 1.25. The number of amides is 1. The average Bonchev–Trinajstić information content (AvgIpc) is 3.21. The van der Waals surface area contributed by atoms with Crippen LogP contribution in [0.25, 0.3) is 10.2 Å². The van der Waals surface area contributed by atoms with E-state index in [2.05, 4.69) is 28.5 Å². The summed E-state index contributed by atoms with van der Waals surface area (Å²) in [5.74, 6) is 0.153. The largest absolute Gasteiger partial charge is 0.355 e. The van der Waals surface area contributed by atoms with E-state index in [0.717, 1.165) is 29.8 Å². The quantitative estimate of drug-likeness (QED) is 0.703. The van der Waals surface area contributed by atoms with Crippen molar-refractivity contribution in [1.82, 2.24) is 10.3 Å². The van der Waals surface area contributed by atoms with Crippen molar-refractivity contribution >= 4 is 39.2 Å². The van der Waals surface area contributed by atoms with Crippen LogP contribution in [-0.4, -0.2) is 22.7 Å². The number of fused-ring (bicyclic) bond motifs is 2. The summed E-state index contributed by atoms with van der Waals surface area (Å²) in [6.07, 6.45) is 2.68. The third-order valence-electron chi connectivity index (χ3n) is 4.14. The molecule has 1 aliphatic heterocycles. The van der Waals surface area contributed by atoms with E-state index in [4.69, 9.17) is 0 Å². The second kappa shape index (κ2) is 6.95. The van der Waals surface area contributed by atoms with Gasteiger partial charge in [0, 0.05) is 17.9 Å². The number of aryl methyl sites for hydroxylation is 1. The van der Waals surface area contributed by atoms with Gasteiger partial charge in [0.25, 0.3) is 0 Å². The van der Waals surface area contributed by atoms with Gasteiger partial charge in [0.15, 0.2) is 0 Å². The fourth-order valence-corrected chi connectivity index (χ4v) is 5.15. The highest BCUT2D eigenvalue weighted by molar-refractivity contribution is 8.01. The molecule has 0 spiro atoms. The highest BCUT2D eigenvalue weighted by Crippen LogP contribution is 2.36. The number of benzene rings is 2. The average molecular weight is 355 g/mol. The molecule has 5 heteroatoms. The maximum Gasteiger partial charge on any atom is 0.233 e. The maximum absolute atomic E-state index is 12.3. The maximum atomic E-state index is 12.3. The zero-order valence-corrected chi connectivity index (χ0v) is 14.8. The number of aromatic nitrogens is 1. The molecule has 0 aliphatic carbocycles. The lowest BCUT2D eigenvalue weighted by atomic mass is 10.1. The number of thiazole rings is 1. The molecule has 0 fully saturated rings. The van der Waals surface area contributed by atoms with Crippen molar-refractivity contribution in [3.05, 3.63) is 59.1 Å². The summed E-state index contributed by atoms with van der Waals surface area (Å²) in [6, 6.07) is 16.5. The monoisotopic (exact) mass is 354 g/mol. The number of hydrogen-bond donors (Lipinski definition) is 1. The molecular weight excluding hydrogens is 336 g/mol. The molecule has 0 bridgehead atoms. The topological polar surface area (TPSA) is 42.0 Å². The van der Waals surface area contributed by atoms with E-state index in [1.807, 2.05) is 30.3 Å². The molecule has 2 aromatic carbocycles. The molecule has 24 heavy (non-hydrogen) atoms. The standard InChI is InChI=1S/C19H18N2OS2/c22-19(17-12-13-6-1-3-8-15(13)23-17)20-11-5-10-18-21-14-7-2-4-9-16(14)24-18/h1-4,6-9,17H,5,10-12H2,(H,20,22). The molecular formula is C19H18N2OS2. The molecule has 3 nitrogen and oxygen atoms in total. The van der Waals surface area contributed by atoms with Crippen LogP contribution >= 0.6 is 23.1 Å². The number of hydrogen-bond acceptors (Lipinski definition) is 4. The van der Waals surface area contributed by atoms with Crippen LogP contribution in [0.4, 0.5) is 0 Å². The van der Waals surface area contributed by atoms with E-state index in [-0.39, 0.29) is 11.2 Å². The first-order chi connectivity index (χ1) is 11.8. The molecule has 122 valence electrons. The van der Waals surface area contributed by atoms with Gasteiger partial charge < -0.3 is 5.32 Å². The lowest BCUT2D eigenvalue weighted by molar-refractivity contribution is -0.120. The smallest absolute Gasteiger partial charge is 0.233 e. The van der Waals surface area contributed by atoms with Gasteiger partial charge in [-0.1, -0.05) is 30.3 Å². The van der Waals surface area contributed by atoms with Gasteiger partial charge in [-0.15, -0.1) is 23.1 Å². The summed E-state index contributed by atoms with van der Waals surface area (Å²) in [5.41, 5.74) is 2.36. The van der Waals surface area contributed by atoms with Gasteiger partial charge in [-0.2, -0.15) is 0 Å². The molecule has 1 amide bonds. The summed E-state index contributed by atoms with van der Waals surface area (Å²) >= 11 is 3.42. The number of thioether (sulfide) groups is 1. The van der Waals surface area contributed by atoms with Crippen LogP contribution in [0.3, 0.4) is 0 Å². The van der Waals surface area contributed by atoms with Crippen LogP contribution in [0.15, 0.2) is 53.4 Å². The number of para-hydroxylation sites is 1. The highest BCUT2D eigenvalue weighted by atomic mass is 32.2. The minimum absolute atomic E-state index is 0.0184. The first kappa shape index (κ1) is 15.7. The van der Waals surface area contributed by atoms with Gasteiger partial charge in [0.05, 0.1) is 20.5 Å². The Morgan fingerprint density at radius 1 is 1.17 bits per heavy atom. The summed E-state index contributed by atoms with van der Waals surface area (Å²) in [5, 5.41) is 4.25. The zero-order chi connectivity index (χ0) is 16.4. The van der Waals surface area contributed by atoms with Gasteiger partial charge >= 0.3 is 0 Å². The third-order valence-corrected chi connectivity index (χ3v) is 6.56. The normalized spacial score (nSPS) is 16.2. The molecule has 1 unspecified atom stereocenters. The van der Waals surface area contributed by atoms with Crippen molar-refractivity contribution in [3.63, 3.8) is 0 Å². The Kier molecular flexibility index (Phi) is 4.54. The molecule has 0 saturated carbocycles. The van der Waals surface area contributed by atoms with E-state index in [1.165, 1.54) is 15.2 Å². The lowest BCUT2D eigenvalue weighted by Crippen LogP contribution is -2.33. The van der Waals surface area contributed by atoms with Crippen LogP contribution in [-0.2, 0) is 17.6 Å². The van der Waals surface area contributed by atoms with E-state index >= 15 is 0 Å². The van der Waals surface area contributed by atoms with Crippen molar-refractivity contribution < 1.29 is 4.79 Å². The predicted octanol–water partition coefficient (Wildman–Crippen LogP) is 4.06. The Labute approximate surface area is 149 Å². The molecule has 3 aromatic rings. The molecule has 2 heterocycles. The van der Waals surface area contributed by atoms with Crippen LogP contribution in [0.1, 0.15) is 17.0 Å². The van der Waals surface area contributed by atoms with Crippen molar-refractivity contribution in [2.24, 2.45) is 0 Å². The number of carbonyl (C=O) groups is 1. The predicted molar refractivity (Wildman–Crippen MR) is 101 cm³/mol. The fraction of sp³-hybridized carbons (Fsp3) is 0.263. The van der Waals surface area contributed by atoms with Crippen molar-refractivity contribution in [2.45, 2.75) is 29.4 Å². The van der Waals surface area contributed by atoms with Gasteiger partial charge in [-0.05, 0) is 36.6 Å². The molecule has 0 saturated heterocycles. The molecule has 1 N–H and O–H groups in total. The van der Waals surface area contributed by atoms with Gasteiger partial charge in [0.2, 0.25) is 5.91 Å². The summed E-state index contributed by atoms with van der Waals surface area (Å²) in [7, 11) is 0. The van der Waals surface area contributed by atoms with Gasteiger partial charge in [0.1, 0.15) is 0 Å². The Hall–Kier alpha value is -1.85. The number of nitrogens with zero attached hydrogens (tertiary/aromatic N) is 1. The zero-order valence-electron chi connectivity index (χ0n) is 13.2. The Bertz CT molecular complexity index is 816. The van der Waals surface area contributed by atoms with Crippen LogP contribution in [0, 0.1) is 0 Å². The van der Waals surface area contributed by atoms with Crippen molar-refractivity contribution in [3.8, 4) is 0 Å². The van der Waals surface area contributed by atoms with Crippen LogP contribution in [0.2, 0.25) is 0 Å². The summed E-state index contributed by atoms with van der Waals surface area (Å²) in [4.78, 5) is 18.2. The van der Waals surface area contributed by atoms with E-state index in [9.17, 15) is 4.79 Å². The summed E-state index contributed by atoms with van der Waals surface area (Å²) < 4.78 is 1.23. The molecule has 1 atom stereocenters. The van der Waals surface area contributed by atoms with E-state index in [0.29, 0.717) is 6.54 Å². The Morgan fingerprint density at radius 2 is 2.00 bits per heavy atom. The second-order valence-corrected chi connectivity index (χ2v) is 8.25. The van der Waals surface area contributed by atoms with E-state index in [1.54, 1.807) is 23.1 Å². The number of nitrogens with one attached hydrogen (secondary N) is 1. The van der Waals surface area contributed by atoms with Crippen molar-refractivity contribution in [1.29, 1.82) is 0 Å². The first-order valence-electron chi connectivity index (χ1n) is 8.16. The third kappa shape index (κ3) is 3.32. The first-order valence-corrected chi connectivity index (χ1v) is 9.86. The Morgan fingerprint density at radius 3 is 2.88 bits per heavy atom. The minimum Gasteiger partial charge on any atom is -0.355 e. The second-order valence-electron chi connectivity index (χ2n) is 5.89. The highest BCUT2D eigenvalue weighted by Gasteiger charge is 2.27. The molecule has 1 aliphatic rings. The van der Waals surface area contributed by atoms with E-state index < -0.39 is 0 Å². The minimum atomic E-state index is 0.0184. The van der Waals surface area contributed by atoms with Crippen molar-refractivity contribution in [2.75, 3.05) is 6.54 Å². The molecule has 0 radical (unpaired) electrons. The lowest BCUT2D eigenvalue weighted by Gasteiger charge is -2.09. The summed E-state index contributed by atoms with van der Waals surface area (Å²) in [6.45, 7) is 0.710. The number of carbonyl (C=O) groups excluding carboxylic acids is 1. The van der Waals surface area contributed by atoms with Gasteiger partial charge in [-0.3, -0.25) is 4.79 Å². The SMILES string of the molecule is O=C(NCCCc1nc2ccccc2s1)C1Cc2ccccc2S1. The number of rotatable bonds is 5. The van der Waals surface area contributed by atoms with Crippen LogP contribution in [0.5, 0.6) is 0 Å². The molecule has 4 rings (SSSR count). The van der Waals surface area contributed by atoms with Crippen LogP contribution < -0.4 is 5.32 Å². The fourth-order valence-electron chi connectivity index (χ4n) is 2.92.